The second-order valence-electron chi connectivity index (χ2n) is 6.90. The Labute approximate surface area is 164 Å². The molecule has 0 aliphatic carbocycles. The SMILES string of the molecule is CCCCOc1ncccc1CN=C(NCC)NCC(CC)(CC)CCO. The van der Waals surface area contributed by atoms with Crippen LogP contribution in [0.5, 0.6) is 5.88 Å². The smallest absolute Gasteiger partial charge is 0.218 e. The highest BCUT2D eigenvalue weighted by molar-refractivity contribution is 5.79. The zero-order valence-electron chi connectivity index (χ0n) is 17.6. The van der Waals surface area contributed by atoms with E-state index in [-0.39, 0.29) is 12.0 Å². The maximum atomic E-state index is 9.41. The summed E-state index contributed by atoms with van der Waals surface area (Å²) in [5, 5.41) is 16.2. The summed E-state index contributed by atoms with van der Waals surface area (Å²) in [5.41, 5.74) is 1.08. The lowest BCUT2D eigenvalue weighted by molar-refractivity contribution is 0.169. The first-order valence-corrected chi connectivity index (χ1v) is 10.3. The number of aliphatic imine (C=N–C) groups is 1. The number of pyridine rings is 1. The molecule has 6 heteroatoms. The van der Waals surface area contributed by atoms with E-state index >= 15 is 0 Å². The average molecular weight is 379 g/mol. The van der Waals surface area contributed by atoms with Crippen molar-refractivity contribution in [2.24, 2.45) is 10.4 Å². The molecule has 0 radical (unpaired) electrons. The number of guanidine groups is 1. The van der Waals surface area contributed by atoms with Crippen molar-refractivity contribution in [1.82, 2.24) is 15.6 Å². The van der Waals surface area contributed by atoms with Crippen LogP contribution in [0.1, 0.15) is 65.4 Å². The van der Waals surface area contributed by atoms with Gasteiger partial charge in [0.25, 0.3) is 0 Å². The molecule has 0 saturated heterocycles. The van der Waals surface area contributed by atoms with E-state index in [0.29, 0.717) is 19.0 Å². The monoisotopic (exact) mass is 378 g/mol. The van der Waals surface area contributed by atoms with Gasteiger partial charge in [0.2, 0.25) is 5.88 Å². The highest BCUT2D eigenvalue weighted by Crippen LogP contribution is 2.29. The van der Waals surface area contributed by atoms with Crippen LogP contribution in [-0.4, -0.2) is 42.4 Å². The number of aromatic nitrogens is 1. The Morgan fingerprint density at radius 3 is 2.63 bits per heavy atom. The molecule has 27 heavy (non-hydrogen) atoms. The van der Waals surface area contributed by atoms with Crippen LogP contribution in [0.3, 0.4) is 0 Å². The number of rotatable bonds is 13. The third-order valence-corrected chi connectivity index (χ3v) is 5.11. The van der Waals surface area contributed by atoms with Gasteiger partial charge in [0, 0.05) is 31.5 Å². The lowest BCUT2D eigenvalue weighted by Gasteiger charge is -2.32. The first kappa shape index (κ1) is 23.2. The summed E-state index contributed by atoms with van der Waals surface area (Å²) in [6.45, 7) is 11.6. The molecule has 0 bridgehead atoms. The summed E-state index contributed by atoms with van der Waals surface area (Å²) in [5.74, 6) is 1.45. The van der Waals surface area contributed by atoms with E-state index in [2.05, 4.69) is 43.3 Å². The Hall–Kier alpha value is -1.82. The molecule has 154 valence electrons. The molecular formula is C21H38N4O2. The topological polar surface area (TPSA) is 78.8 Å². The second-order valence-corrected chi connectivity index (χ2v) is 6.90. The lowest BCUT2D eigenvalue weighted by atomic mass is 9.79. The molecule has 0 saturated carbocycles. The van der Waals surface area contributed by atoms with Crippen LogP contribution in [0.4, 0.5) is 0 Å². The van der Waals surface area contributed by atoms with E-state index in [0.717, 1.165) is 56.7 Å². The Kier molecular flexibility index (Phi) is 11.5. The summed E-state index contributed by atoms with van der Waals surface area (Å²) in [4.78, 5) is 9.07. The van der Waals surface area contributed by atoms with Crippen molar-refractivity contribution in [2.75, 3.05) is 26.3 Å². The van der Waals surface area contributed by atoms with Crippen LogP contribution < -0.4 is 15.4 Å². The number of hydrogen-bond donors (Lipinski definition) is 3. The molecule has 0 unspecified atom stereocenters. The molecule has 0 aromatic carbocycles. The number of aliphatic hydroxyl groups is 1. The van der Waals surface area contributed by atoms with Crippen LogP contribution in [0.25, 0.3) is 0 Å². The van der Waals surface area contributed by atoms with Gasteiger partial charge in [-0.15, -0.1) is 0 Å². The molecule has 0 aliphatic rings. The fourth-order valence-electron chi connectivity index (χ4n) is 2.94. The maximum absolute atomic E-state index is 9.41. The standard InChI is InChI=1S/C21H38N4O2/c1-5-9-15-27-19-18(11-10-13-23-19)16-24-20(22-8-4)25-17-21(6-2,7-3)12-14-26/h10-11,13,26H,5-9,12,14-17H2,1-4H3,(H2,22,24,25). The van der Waals surface area contributed by atoms with Crippen LogP contribution in [0.15, 0.2) is 23.3 Å². The molecular weight excluding hydrogens is 340 g/mol. The molecule has 1 aromatic rings. The molecule has 6 nitrogen and oxygen atoms in total. The Morgan fingerprint density at radius 1 is 1.22 bits per heavy atom. The fourth-order valence-corrected chi connectivity index (χ4v) is 2.94. The van der Waals surface area contributed by atoms with Gasteiger partial charge in [-0.05, 0) is 44.1 Å². The van der Waals surface area contributed by atoms with Crippen molar-refractivity contribution >= 4 is 5.96 Å². The van der Waals surface area contributed by atoms with Gasteiger partial charge < -0.3 is 20.5 Å². The number of aliphatic hydroxyl groups excluding tert-OH is 1. The van der Waals surface area contributed by atoms with E-state index in [1.807, 2.05) is 12.1 Å². The summed E-state index contributed by atoms with van der Waals surface area (Å²) in [6, 6.07) is 3.92. The van der Waals surface area contributed by atoms with E-state index in [9.17, 15) is 5.11 Å². The van der Waals surface area contributed by atoms with Crippen molar-refractivity contribution in [3.8, 4) is 5.88 Å². The molecule has 0 amide bonds. The largest absolute Gasteiger partial charge is 0.477 e. The molecule has 0 spiro atoms. The normalized spacial score (nSPS) is 12.1. The third-order valence-electron chi connectivity index (χ3n) is 5.11. The third kappa shape index (κ3) is 8.16. The average Bonchev–Trinajstić information content (AvgIpc) is 2.70. The van der Waals surface area contributed by atoms with Crippen LogP contribution in [0, 0.1) is 5.41 Å². The van der Waals surface area contributed by atoms with E-state index in [1.165, 1.54) is 0 Å². The Bertz CT molecular complexity index is 545. The van der Waals surface area contributed by atoms with E-state index in [1.54, 1.807) is 6.20 Å². The quantitative estimate of drug-likeness (QED) is 0.278. The molecule has 1 aromatic heterocycles. The number of ether oxygens (including phenoxy) is 1. The molecule has 3 N–H and O–H groups in total. The van der Waals surface area contributed by atoms with Gasteiger partial charge in [0.05, 0.1) is 13.2 Å². The Morgan fingerprint density at radius 2 is 2.00 bits per heavy atom. The van der Waals surface area contributed by atoms with Gasteiger partial charge in [-0.1, -0.05) is 33.3 Å². The van der Waals surface area contributed by atoms with Gasteiger partial charge in [0.1, 0.15) is 0 Å². The molecule has 1 heterocycles. The first-order valence-electron chi connectivity index (χ1n) is 10.3. The van der Waals surface area contributed by atoms with Crippen molar-refractivity contribution in [2.45, 2.75) is 66.3 Å². The lowest BCUT2D eigenvalue weighted by Crippen LogP contribution is -2.43. The number of hydrogen-bond acceptors (Lipinski definition) is 4. The summed E-state index contributed by atoms with van der Waals surface area (Å²) >= 11 is 0. The minimum Gasteiger partial charge on any atom is -0.477 e. The van der Waals surface area contributed by atoms with Gasteiger partial charge in [0.15, 0.2) is 5.96 Å². The highest BCUT2D eigenvalue weighted by Gasteiger charge is 2.25. The van der Waals surface area contributed by atoms with Gasteiger partial charge in [-0.3, -0.25) is 0 Å². The number of unbranched alkanes of at least 4 members (excludes halogenated alkanes) is 1. The molecule has 0 fully saturated rings. The highest BCUT2D eigenvalue weighted by atomic mass is 16.5. The molecule has 1 rings (SSSR count). The Balaban J connectivity index is 2.79. The second kappa shape index (κ2) is 13.4. The van der Waals surface area contributed by atoms with E-state index in [4.69, 9.17) is 9.73 Å². The number of nitrogens with one attached hydrogen (secondary N) is 2. The zero-order valence-corrected chi connectivity index (χ0v) is 17.6. The van der Waals surface area contributed by atoms with Gasteiger partial charge in [-0.2, -0.15) is 0 Å². The minimum atomic E-state index is 0.0909. The summed E-state index contributed by atoms with van der Waals surface area (Å²) < 4.78 is 5.80. The van der Waals surface area contributed by atoms with Gasteiger partial charge >= 0.3 is 0 Å². The minimum absolute atomic E-state index is 0.0909. The van der Waals surface area contributed by atoms with Crippen molar-refractivity contribution in [1.29, 1.82) is 0 Å². The molecule has 0 atom stereocenters. The summed E-state index contributed by atoms with van der Waals surface area (Å²) in [6.07, 6.45) is 6.71. The van der Waals surface area contributed by atoms with Crippen LogP contribution >= 0.6 is 0 Å². The maximum Gasteiger partial charge on any atom is 0.218 e. The molecule has 0 aliphatic heterocycles. The van der Waals surface area contributed by atoms with Crippen molar-refractivity contribution in [3.63, 3.8) is 0 Å². The number of nitrogens with zero attached hydrogens (tertiary/aromatic N) is 2. The zero-order chi connectivity index (χ0) is 20.0. The predicted molar refractivity (Wildman–Crippen MR) is 112 cm³/mol. The fraction of sp³-hybridized carbons (Fsp3) is 0.714. The summed E-state index contributed by atoms with van der Waals surface area (Å²) in [7, 11) is 0. The van der Waals surface area contributed by atoms with Crippen LogP contribution in [-0.2, 0) is 6.54 Å². The van der Waals surface area contributed by atoms with E-state index < -0.39 is 0 Å². The van der Waals surface area contributed by atoms with Gasteiger partial charge in [-0.25, -0.2) is 9.98 Å². The van der Waals surface area contributed by atoms with Crippen molar-refractivity contribution in [3.05, 3.63) is 23.9 Å². The predicted octanol–water partition coefficient (Wildman–Crippen LogP) is 3.50. The van der Waals surface area contributed by atoms with Crippen LogP contribution in [0.2, 0.25) is 0 Å². The van der Waals surface area contributed by atoms with Crippen molar-refractivity contribution < 1.29 is 9.84 Å². The first-order chi connectivity index (χ1) is 13.1.